The summed E-state index contributed by atoms with van der Waals surface area (Å²) in [6, 6.07) is -2.79. The third-order valence-corrected chi connectivity index (χ3v) is 8.55. The molecule has 2 aliphatic heterocycles. The molecule has 11 nitrogen and oxygen atoms in total. The van der Waals surface area contributed by atoms with Crippen LogP contribution in [0.25, 0.3) is 0 Å². The second-order valence-electron chi connectivity index (χ2n) is 13.7. The summed E-state index contributed by atoms with van der Waals surface area (Å²) >= 11 is 0. The molecule has 0 aromatic heterocycles. The van der Waals surface area contributed by atoms with Gasteiger partial charge in [-0.05, 0) is 72.1 Å². The Bertz CT molecular complexity index is 1010. The fourth-order valence-corrected chi connectivity index (χ4v) is 6.64. The van der Waals surface area contributed by atoms with Gasteiger partial charge in [0.05, 0.1) is 17.7 Å². The van der Waals surface area contributed by atoms with Crippen molar-refractivity contribution in [3.05, 3.63) is 0 Å². The third kappa shape index (κ3) is 7.33. The van der Waals surface area contributed by atoms with E-state index in [0.29, 0.717) is 12.8 Å². The maximum Gasteiger partial charge on any atom is 0.408 e. The number of Topliss-reactive ketones (excluding diaryl/α,β-unsaturated/α-hetero) is 1. The van der Waals surface area contributed by atoms with E-state index < -0.39 is 53.0 Å². The maximum atomic E-state index is 14.2. The number of nitrogens with two attached hydrogens (primary N) is 1. The van der Waals surface area contributed by atoms with Crippen molar-refractivity contribution in [3.8, 4) is 0 Å². The summed E-state index contributed by atoms with van der Waals surface area (Å²) in [7, 11) is 0. The van der Waals surface area contributed by atoms with Gasteiger partial charge in [0.1, 0.15) is 17.7 Å². The highest BCUT2D eigenvalue weighted by Crippen LogP contribution is 2.44. The largest absolute Gasteiger partial charge is 0.444 e. The van der Waals surface area contributed by atoms with Crippen LogP contribution in [0, 0.1) is 17.8 Å². The number of nitrogens with one attached hydrogen (secondary N) is 2. The van der Waals surface area contributed by atoms with Gasteiger partial charge in [-0.2, -0.15) is 0 Å². The molecule has 2 saturated heterocycles. The first-order valence-electron chi connectivity index (χ1n) is 14.8. The third-order valence-electron chi connectivity index (χ3n) is 8.55. The zero-order chi connectivity index (χ0) is 29.4. The van der Waals surface area contributed by atoms with Crippen molar-refractivity contribution in [2.24, 2.45) is 23.5 Å². The molecule has 2 aliphatic carbocycles. The molecule has 0 bridgehead atoms. The van der Waals surface area contributed by atoms with E-state index in [-0.39, 0.29) is 36.3 Å². The highest BCUT2D eigenvalue weighted by Gasteiger charge is 2.56. The van der Waals surface area contributed by atoms with E-state index in [2.05, 4.69) is 10.6 Å². The van der Waals surface area contributed by atoms with Crippen molar-refractivity contribution in [2.45, 2.75) is 128 Å². The van der Waals surface area contributed by atoms with Crippen molar-refractivity contribution in [2.75, 3.05) is 6.54 Å². The number of carbonyl (C=O) groups excluding carboxylic acids is 5. The second kappa shape index (κ2) is 11.7. The molecule has 5 atom stereocenters. The Hall–Kier alpha value is -2.69. The molecule has 2 saturated carbocycles. The Morgan fingerprint density at radius 2 is 1.68 bits per heavy atom. The number of ether oxygens (including phenoxy) is 2. The molecule has 11 heteroatoms. The number of nitrogens with zero attached hydrogens (tertiary/aromatic N) is 1. The molecule has 4 fully saturated rings. The van der Waals surface area contributed by atoms with Gasteiger partial charge in [-0.1, -0.05) is 32.1 Å². The van der Waals surface area contributed by atoms with Crippen LogP contribution in [-0.2, 0) is 28.7 Å². The number of amides is 4. The number of rotatable bonds is 9. The predicted molar refractivity (Wildman–Crippen MR) is 146 cm³/mol. The Kier molecular flexibility index (Phi) is 8.82. The molecule has 2 unspecified atom stereocenters. The molecule has 40 heavy (non-hydrogen) atoms. The lowest BCUT2D eigenvalue weighted by Crippen LogP contribution is -2.59. The fraction of sp³-hybridized carbons (Fsp3) is 0.828. The molecule has 0 aromatic rings. The Balaban J connectivity index is 1.60. The van der Waals surface area contributed by atoms with Crippen molar-refractivity contribution in [1.29, 1.82) is 0 Å². The van der Waals surface area contributed by atoms with Gasteiger partial charge in [-0.25, -0.2) is 4.79 Å². The zero-order valence-corrected chi connectivity index (χ0v) is 24.5. The van der Waals surface area contributed by atoms with Crippen LogP contribution in [0.1, 0.15) is 92.4 Å². The van der Waals surface area contributed by atoms with E-state index in [1.165, 1.54) is 4.90 Å². The molecule has 4 amide bonds. The van der Waals surface area contributed by atoms with Crippen LogP contribution in [0.4, 0.5) is 4.79 Å². The fourth-order valence-electron chi connectivity index (χ4n) is 6.64. The van der Waals surface area contributed by atoms with E-state index >= 15 is 0 Å². The Labute approximate surface area is 236 Å². The SMILES string of the molecule is CC(C)(C)OC(=O)N[C@H](C(=O)N1C[C@H]2OC(C)(C)C[C@H]2C1C(=O)NC(CC1CC1)C(=O)C(N)=O)C1CCCCC1. The molecule has 0 aromatic carbocycles. The lowest BCUT2D eigenvalue weighted by Gasteiger charge is -2.36. The first-order chi connectivity index (χ1) is 18.6. The predicted octanol–water partition coefficient (Wildman–Crippen LogP) is 2.19. The van der Waals surface area contributed by atoms with Crippen LogP contribution >= 0.6 is 0 Å². The Morgan fingerprint density at radius 1 is 1.02 bits per heavy atom. The number of alkyl carbamates (subject to hydrolysis) is 1. The summed E-state index contributed by atoms with van der Waals surface area (Å²) in [5.74, 6) is -2.90. The smallest absolute Gasteiger partial charge is 0.408 e. The molecule has 0 spiro atoms. The number of hydrogen-bond acceptors (Lipinski definition) is 7. The second-order valence-corrected chi connectivity index (χ2v) is 13.7. The van der Waals surface area contributed by atoms with Crippen molar-refractivity contribution >= 4 is 29.6 Å². The summed E-state index contributed by atoms with van der Waals surface area (Å²) < 4.78 is 11.7. The van der Waals surface area contributed by atoms with E-state index in [9.17, 15) is 24.0 Å². The molecule has 4 N–H and O–H groups in total. The minimum Gasteiger partial charge on any atom is -0.444 e. The topological polar surface area (TPSA) is 157 Å². The molecule has 2 heterocycles. The maximum absolute atomic E-state index is 14.2. The summed E-state index contributed by atoms with van der Waals surface area (Å²) in [4.78, 5) is 66.8. The van der Waals surface area contributed by atoms with E-state index in [4.69, 9.17) is 15.2 Å². The van der Waals surface area contributed by atoms with Crippen LogP contribution in [-0.4, -0.2) is 76.5 Å². The normalized spacial score (nSPS) is 27.8. The summed E-state index contributed by atoms with van der Waals surface area (Å²) in [5, 5.41) is 5.61. The average Bonchev–Trinajstić information content (AvgIpc) is 3.53. The molecule has 224 valence electrons. The number of fused-ring (bicyclic) bond motifs is 1. The summed E-state index contributed by atoms with van der Waals surface area (Å²) in [6.07, 6.45) is 6.25. The van der Waals surface area contributed by atoms with Crippen LogP contribution in [0.2, 0.25) is 0 Å². The first kappa shape index (κ1) is 30.3. The highest BCUT2D eigenvalue weighted by molar-refractivity contribution is 6.37. The first-order valence-corrected chi connectivity index (χ1v) is 14.8. The van der Waals surface area contributed by atoms with Gasteiger partial charge in [0.25, 0.3) is 5.91 Å². The van der Waals surface area contributed by atoms with Crippen LogP contribution in [0.15, 0.2) is 0 Å². The van der Waals surface area contributed by atoms with Gasteiger partial charge in [0.2, 0.25) is 17.6 Å². The van der Waals surface area contributed by atoms with Crippen molar-refractivity contribution in [1.82, 2.24) is 15.5 Å². The van der Waals surface area contributed by atoms with E-state index in [1.807, 2.05) is 13.8 Å². The van der Waals surface area contributed by atoms with Gasteiger partial charge in [-0.15, -0.1) is 0 Å². The van der Waals surface area contributed by atoms with Crippen molar-refractivity contribution < 1.29 is 33.4 Å². The number of likely N-dealkylation sites (tertiary alicyclic amines) is 1. The van der Waals surface area contributed by atoms with Gasteiger partial charge in [-0.3, -0.25) is 19.2 Å². The number of carbonyl (C=O) groups is 5. The van der Waals surface area contributed by atoms with Gasteiger partial charge < -0.3 is 30.7 Å². The number of ketones is 1. The molecule has 4 rings (SSSR count). The highest BCUT2D eigenvalue weighted by atomic mass is 16.6. The molecular formula is C29H46N4O7. The lowest BCUT2D eigenvalue weighted by molar-refractivity contribution is -0.144. The van der Waals surface area contributed by atoms with Crippen LogP contribution < -0.4 is 16.4 Å². The minimum absolute atomic E-state index is 0.0886. The standard InChI is InChI=1S/C29H46N4O7/c1-28(2,3)40-27(38)32-21(17-9-7-6-8-10-17)26(37)33-15-20-18(14-29(4,5)39-20)22(33)25(36)31-19(13-16-11-12-16)23(34)24(30)35/h16-22H,6-15H2,1-5H3,(H2,30,35)(H,31,36)(H,32,38)/t18-,19?,20-,21+,22?/m1/s1. The van der Waals surface area contributed by atoms with Crippen LogP contribution in [0.5, 0.6) is 0 Å². The van der Waals surface area contributed by atoms with Gasteiger partial charge >= 0.3 is 6.09 Å². The quantitative estimate of drug-likeness (QED) is 0.364. The molecule has 4 aliphatic rings. The van der Waals surface area contributed by atoms with Crippen LogP contribution in [0.3, 0.4) is 0 Å². The summed E-state index contributed by atoms with van der Waals surface area (Å²) in [5.41, 5.74) is 4.08. The average molecular weight is 563 g/mol. The zero-order valence-electron chi connectivity index (χ0n) is 24.5. The monoisotopic (exact) mass is 562 g/mol. The minimum atomic E-state index is -1.09. The Morgan fingerprint density at radius 3 is 2.25 bits per heavy atom. The summed E-state index contributed by atoms with van der Waals surface area (Å²) in [6.45, 7) is 9.38. The number of hydrogen-bond donors (Lipinski definition) is 3. The van der Waals surface area contributed by atoms with E-state index in [0.717, 1.165) is 44.9 Å². The van der Waals surface area contributed by atoms with E-state index in [1.54, 1.807) is 20.8 Å². The molecule has 0 radical (unpaired) electrons. The van der Waals surface area contributed by atoms with Gasteiger partial charge in [0, 0.05) is 12.5 Å². The van der Waals surface area contributed by atoms with Crippen molar-refractivity contribution in [3.63, 3.8) is 0 Å². The van der Waals surface area contributed by atoms with Gasteiger partial charge in [0.15, 0.2) is 0 Å². The number of primary amides is 1. The molecular weight excluding hydrogens is 516 g/mol. The lowest BCUT2D eigenvalue weighted by atomic mass is 9.83.